The Labute approximate surface area is 150 Å². The highest BCUT2D eigenvalue weighted by Gasteiger charge is 2.14. The van der Waals surface area contributed by atoms with Crippen molar-refractivity contribution in [2.75, 3.05) is 19.6 Å². The fourth-order valence-corrected chi connectivity index (χ4v) is 3.48. The van der Waals surface area contributed by atoms with Crippen LogP contribution in [-0.2, 0) is 11.2 Å². The lowest BCUT2D eigenvalue weighted by Gasteiger charge is -2.22. The second-order valence-corrected chi connectivity index (χ2v) is 6.90. The Kier molecular flexibility index (Phi) is 6.63. The topological polar surface area (TPSA) is 41.1 Å². The molecule has 0 saturated carbocycles. The van der Waals surface area contributed by atoms with Gasteiger partial charge in [0.05, 0.1) is 0 Å². The average molecular weight is 336 g/mol. The van der Waals surface area contributed by atoms with E-state index in [1.807, 2.05) is 6.07 Å². The Balaban J connectivity index is 1.42. The summed E-state index contributed by atoms with van der Waals surface area (Å²) in [5.41, 5.74) is 3.73. The third-order valence-corrected chi connectivity index (χ3v) is 5.01. The summed E-state index contributed by atoms with van der Waals surface area (Å²) in [6, 6.07) is 19.0. The molecule has 0 bridgehead atoms. The van der Waals surface area contributed by atoms with Crippen LogP contribution in [0.25, 0.3) is 11.1 Å². The minimum atomic E-state index is 0.192. The Morgan fingerprint density at radius 1 is 1.00 bits per heavy atom. The van der Waals surface area contributed by atoms with Crippen LogP contribution in [0.2, 0.25) is 0 Å². The summed E-state index contributed by atoms with van der Waals surface area (Å²) in [5.74, 6) is 0.910. The number of benzene rings is 2. The van der Waals surface area contributed by atoms with E-state index < -0.39 is 0 Å². The van der Waals surface area contributed by atoms with Crippen LogP contribution >= 0.6 is 0 Å². The molecule has 3 rings (SSSR count). The molecule has 0 aliphatic carbocycles. The van der Waals surface area contributed by atoms with Crippen LogP contribution in [0.1, 0.15) is 31.2 Å². The molecular weight excluding hydrogens is 308 g/mol. The third-order valence-electron chi connectivity index (χ3n) is 5.01. The van der Waals surface area contributed by atoms with Gasteiger partial charge in [-0.2, -0.15) is 0 Å². The van der Waals surface area contributed by atoms with Crippen LogP contribution in [0.4, 0.5) is 0 Å². The van der Waals surface area contributed by atoms with E-state index in [2.05, 4.69) is 59.2 Å². The summed E-state index contributed by atoms with van der Waals surface area (Å²) >= 11 is 0. The number of hydrogen-bond acceptors (Lipinski definition) is 2. The number of piperidine rings is 1. The van der Waals surface area contributed by atoms with Gasteiger partial charge >= 0.3 is 0 Å². The lowest BCUT2D eigenvalue weighted by molar-refractivity contribution is -0.121. The first-order valence-electron chi connectivity index (χ1n) is 9.43. The van der Waals surface area contributed by atoms with Crippen molar-refractivity contribution < 1.29 is 4.79 Å². The molecule has 0 aromatic heterocycles. The summed E-state index contributed by atoms with van der Waals surface area (Å²) in [5, 5.41) is 6.45. The lowest BCUT2D eigenvalue weighted by Crippen LogP contribution is -2.30. The maximum atomic E-state index is 12.0. The predicted octanol–water partition coefficient (Wildman–Crippen LogP) is 3.79. The Morgan fingerprint density at radius 2 is 1.76 bits per heavy atom. The van der Waals surface area contributed by atoms with Gasteiger partial charge in [0.15, 0.2) is 0 Å². The smallest absolute Gasteiger partial charge is 0.220 e. The minimum Gasteiger partial charge on any atom is -0.356 e. The molecule has 1 aliphatic heterocycles. The predicted molar refractivity (Wildman–Crippen MR) is 103 cm³/mol. The van der Waals surface area contributed by atoms with Gasteiger partial charge in [0.1, 0.15) is 0 Å². The summed E-state index contributed by atoms with van der Waals surface area (Å²) in [6.07, 6.45) is 4.98. The Bertz CT molecular complexity index is 663. The van der Waals surface area contributed by atoms with Gasteiger partial charge < -0.3 is 10.6 Å². The van der Waals surface area contributed by atoms with Gasteiger partial charge in [-0.15, -0.1) is 0 Å². The monoisotopic (exact) mass is 336 g/mol. The molecule has 0 unspecified atom stereocenters. The fourth-order valence-electron chi connectivity index (χ4n) is 3.48. The SMILES string of the molecule is O=C(CCC1CCNCC1)NCCc1cccc(-c2ccccc2)c1. The van der Waals surface area contributed by atoms with Crippen molar-refractivity contribution in [3.8, 4) is 11.1 Å². The standard InChI is InChI=1S/C22H28N2O/c25-22(10-9-18-11-14-23-15-12-18)24-16-13-19-5-4-8-21(17-19)20-6-2-1-3-7-20/h1-8,17-18,23H,9-16H2,(H,24,25). The molecule has 3 nitrogen and oxygen atoms in total. The average Bonchev–Trinajstić information content (AvgIpc) is 2.68. The van der Waals surface area contributed by atoms with Crippen molar-refractivity contribution in [3.05, 3.63) is 60.2 Å². The number of hydrogen-bond donors (Lipinski definition) is 2. The normalized spacial score (nSPS) is 15.0. The molecule has 132 valence electrons. The number of carbonyl (C=O) groups is 1. The molecule has 25 heavy (non-hydrogen) atoms. The van der Waals surface area contributed by atoms with E-state index in [0.717, 1.165) is 31.8 Å². The van der Waals surface area contributed by atoms with Crippen LogP contribution < -0.4 is 10.6 Å². The van der Waals surface area contributed by atoms with Crippen molar-refractivity contribution in [2.45, 2.75) is 32.1 Å². The van der Waals surface area contributed by atoms with E-state index in [4.69, 9.17) is 0 Å². The number of rotatable bonds is 7. The van der Waals surface area contributed by atoms with Gasteiger partial charge in [-0.05, 0) is 61.4 Å². The van der Waals surface area contributed by atoms with Gasteiger partial charge in [-0.1, -0.05) is 54.6 Å². The number of carbonyl (C=O) groups excluding carboxylic acids is 1. The summed E-state index contributed by atoms with van der Waals surface area (Å²) in [4.78, 5) is 12.0. The molecule has 0 atom stereocenters. The molecule has 1 saturated heterocycles. The van der Waals surface area contributed by atoms with Gasteiger partial charge in [0.2, 0.25) is 5.91 Å². The lowest BCUT2D eigenvalue weighted by atomic mass is 9.93. The number of amides is 1. The van der Waals surface area contributed by atoms with Crippen LogP contribution in [0.3, 0.4) is 0 Å². The third kappa shape index (κ3) is 5.71. The van der Waals surface area contributed by atoms with Crippen LogP contribution in [0, 0.1) is 5.92 Å². The van der Waals surface area contributed by atoms with Crippen molar-refractivity contribution in [2.24, 2.45) is 5.92 Å². The zero-order valence-corrected chi connectivity index (χ0v) is 14.8. The molecule has 1 amide bonds. The molecule has 1 fully saturated rings. The Morgan fingerprint density at radius 3 is 2.56 bits per heavy atom. The second-order valence-electron chi connectivity index (χ2n) is 6.90. The summed E-state index contributed by atoms with van der Waals surface area (Å²) < 4.78 is 0. The largest absolute Gasteiger partial charge is 0.356 e. The van der Waals surface area contributed by atoms with Crippen molar-refractivity contribution in [3.63, 3.8) is 0 Å². The van der Waals surface area contributed by atoms with Gasteiger partial charge in [0, 0.05) is 13.0 Å². The van der Waals surface area contributed by atoms with Crippen molar-refractivity contribution in [1.82, 2.24) is 10.6 Å². The molecule has 3 heteroatoms. The molecule has 2 aromatic carbocycles. The van der Waals surface area contributed by atoms with Crippen LogP contribution in [0.15, 0.2) is 54.6 Å². The highest BCUT2D eigenvalue weighted by atomic mass is 16.1. The zero-order valence-electron chi connectivity index (χ0n) is 14.8. The van der Waals surface area contributed by atoms with Gasteiger partial charge in [0.25, 0.3) is 0 Å². The fraction of sp³-hybridized carbons (Fsp3) is 0.409. The van der Waals surface area contributed by atoms with Crippen molar-refractivity contribution >= 4 is 5.91 Å². The van der Waals surface area contributed by atoms with E-state index in [1.165, 1.54) is 29.5 Å². The van der Waals surface area contributed by atoms with E-state index >= 15 is 0 Å². The molecule has 2 N–H and O–H groups in total. The Hall–Kier alpha value is -2.13. The van der Waals surface area contributed by atoms with Gasteiger partial charge in [-0.25, -0.2) is 0 Å². The molecule has 1 aliphatic rings. The first-order valence-corrected chi connectivity index (χ1v) is 9.43. The molecular formula is C22H28N2O. The molecule has 0 radical (unpaired) electrons. The molecule has 0 spiro atoms. The van der Waals surface area contributed by atoms with Gasteiger partial charge in [-0.3, -0.25) is 4.79 Å². The molecule has 2 aromatic rings. The summed E-state index contributed by atoms with van der Waals surface area (Å²) in [6.45, 7) is 2.91. The highest BCUT2D eigenvalue weighted by molar-refractivity contribution is 5.75. The first-order chi connectivity index (χ1) is 12.3. The second kappa shape index (κ2) is 9.38. The molecule has 1 heterocycles. The van der Waals surface area contributed by atoms with Crippen molar-refractivity contribution in [1.29, 1.82) is 0 Å². The van der Waals surface area contributed by atoms with E-state index in [9.17, 15) is 4.79 Å². The van der Waals surface area contributed by atoms with Crippen LogP contribution in [0.5, 0.6) is 0 Å². The maximum Gasteiger partial charge on any atom is 0.220 e. The van der Waals surface area contributed by atoms with E-state index in [0.29, 0.717) is 13.0 Å². The maximum absolute atomic E-state index is 12.0. The zero-order chi connectivity index (χ0) is 17.3. The first kappa shape index (κ1) is 17.7. The summed E-state index contributed by atoms with van der Waals surface area (Å²) in [7, 11) is 0. The van der Waals surface area contributed by atoms with E-state index in [-0.39, 0.29) is 5.91 Å². The van der Waals surface area contributed by atoms with Crippen LogP contribution in [-0.4, -0.2) is 25.5 Å². The minimum absolute atomic E-state index is 0.192. The highest BCUT2D eigenvalue weighted by Crippen LogP contribution is 2.20. The quantitative estimate of drug-likeness (QED) is 0.808. The number of nitrogens with one attached hydrogen (secondary N) is 2. The van der Waals surface area contributed by atoms with E-state index in [1.54, 1.807) is 0 Å².